The Kier molecular flexibility index (Phi) is 8.64. The summed E-state index contributed by atoms with van der Waals surface area (Å²) in [4.78, 5) is 30.0. The van der Waals surface area contributed by atoms with Gasteiger partial charge in [-0.15, -0.1) is 0 Å². The van der Waals surface area contributed by atoms with Crippen LogP contribution >= 0.6 is 27.7 Å². The van der Waals surface area contributed by atoms with E-state index in [1.165, 1.54) is 11.8 Å². The molecule has 1 atom stereocenters. The Hall–Kier alpha value is -3.61. The molecule has 0 aliphatic carbocycles. The first-order chi connectivity index (χ1) is 17.9. The van der Waals surface area contributed by atoms with Gasteiger partial charge in [0.25, 0.3) is 0 Å². The molecular formula is C28H24BrN3O4S. The maximum Gasteiger partial charge on any atom is 0.309 e. The van der Waals surface area contributed by atoms with Crippen molar-refractivity contribution in [1.29, 1.82) is 5.26 Å². The van der Waals surface area contributed by atoms with Gasteiger partial charge in [-0.2, -0.15) is 5.26 Å². The van der Waals surface area contributed by atoms with Gasteiger partial charge in [0.05, 0.1) is 41.8 Å². The Bertz CT molecular complexity index is 1480. The molecular weight excluding hydrogens is 554 g/mol. The summed E-state index contributed by atoms with van der Waals surface area (Å²) < 4.78 is 7.83. The molecule has 37 heavy (non-hydrogen) atoms. The van der Waals surface area contributed by atoms with E-state index in [1.807, 2.05) is 34.9 Å². The molecule has 0 aliphatic rings. The number of nitrogens with zero attached hydrogens (tertiary/aromatic N) is 3. The number of ketones is 1. The Morgan fingerprint density at radius 2 is 1.86 bits per heavy atom. The van der Waals surface area contributed by atoms with Crippen molar-refractivity contribution in [3.63, 3.8) is 0 Å². The number of hydrogen-bond donors (Lipinski definition) is 1. The Labute approximate surface area is 227 Å². The monoisotopic (exact) mass is 577 g/mol. The highest BCUT2D eigenvalue weighted by atomic mass is 79.9. The summed E-state index contributed by atoms with van der Waals surface area (Å²) in [5, 5.41) is 21.4. The summed E-state index contributed by atoms with van der Waals surface area (Å²) in [5.74, 6) is -0.866. The summed E-state index contributed by atoms with van der Waals surface area (Å²) in [6.07, 6.45) is 2.05. The lowest BCUT2D eigenvalue weighted by Crippen LogP contribution is -2.24. The van der Waals surface area contributed by atoms with Gasteiger partial charge >= 0.3 is 5.97 Å². The van der Waals surface area contributed by atoms with Gasteiger partial charge in [-0.1, -0.05) is 48.2 Å². The van der Waals surface area contributed by atoms with Crippen molar-refractivity contribution in [1.82, 2.24) is 9.55 Å². The smallest absolute Gasteiger partial charge is 0.309 e. The van der Waals surface area contributed by atoms with E-state index in [0.29, 0.717) is 21.7 Å². The molecule has 1 N–H and O–H groups in total. The predicted molar refractivity (Wildman–Crippen MR) is 146 cm³/mol. The van der Waals surface area contributed by atoms with E-state index in [1.54, 1.807) is 43.5 Å². The van der Waals surface area contributed by atoms with Crippen molar-refractivity contribution in [2.24, 2.45) is 5.92 Å². The average Bonchev–Trinajstić information content (AvgIpc) is 3.27. The highest BCUT2D eigenvalue weighted by molar-refractivity contribution is 9.10. The first-order valence-corrected chi connectivity index (χ1v) is 13.4. The molecule has 1 heterocycles. The maximum absolute atomic E-state index is 13.0. The van der Waals surface area contributed by atoms with Crippen LogP contribution in [0.2, 0.25) is 0 Å². The zero-order valence-electron chi connectivity index (χ0n) is 20.1. The topological polar surface area (TPSA) is 105 Å². The molecule has 7 nitrogen and oxygen atoms in total. The fourth-order valence-electron chi connectivity index (χ4n) is 4.11. The van der Waals surface area contributed by atoms with Crippen molar-refractivity contribution in [3.8, 4) is 17.5 Å². The van der Waals surface area contributed by atoms with Crippen LogP contribution in [-0.2, 0) is 20.7 Å². The van der Waals surface area contributed by atoms with E-state index in [9.17, 15) is 20.0 Å². The third-order valence-electron chi connectivity index (χ3n) is 5.82. The van der Waals surface area contributed by atoms with Crippen LogP contribution in [0.5, 0.6) is 5.75 Å². The summed E-state index contributed by atoms with van der Waals surface area (Å²) in [7, 11) is 0. The van der Waals surface area contributed by atoms with Crippen molar-refractivity contribution in [2.75, 3.05) is 12.4 Å². The number of ether oxygens (including phenoxy) is 1. The number of Topliss-reactive ketones (excluding diaryl/α,β-unsaturated/α-hetero) is 1. The van der Waals surface area contributed by atoms with Crippen molar-refractivity contribution in [3.05, 3.63) is 82.6 Å². The number of aromatic hydroxyl groups is 1. The number of esters is 1. The number of nitriles is 1. The highest BCUT2D eigenvalue weighted by Crippen LogP contribution is 2.32. The quantitative estimate of drug-likeness (QED) is 0.186. The van der Waals surface area contributed by atoms with E-state index in [-0.39, 0.29) is 30.3 Å². The number of hydrogen-bond acceptors (Lipinski definition) is 7. The molecule has 0 amide bonds. The Morgan fingerprint density at radius 1 is 1.14 bits per heavy atom. The third kappa shape index (κ3) is 6.21. The number of phenols is 1. The number of rotatable bonds is 10. The number of halogens is 1. The van der Waals surface area contributed by atoms with Crippen LogP contribution < -0.4 is 0 Å². The summed E-state index contributed by atoms with van der Waals surface area (Å²) in [5.41, 5.74) is 2.26. The zero-order chi connectivity index (χ0) is 26.4. The standard InChI is InChI=1S/C28H24BrN3O4S/c1-2-36-27(35)20(13-18-7-10-21(33)11-8-18)14-22(34)17-37-28-31-16-26(29)32(28)25-12-9-19(15-30)23-5-3-4-6-24(23)25/h3-12,16,20,33H,2,13-14,17H2,1H3. The second-order valence-corrected chi connectivity index (χ2v) is 10.1. The van der Waals surface area contributed by atoms with E-state index in [2.05, 4.69) is 27.0 Å². The number of carbonyl (C=O) groups is 2. The summed E-state index contributed by atoms with van der Waals surface area (Å²) >= 11 is 4.85. The molecule has 4 aromatic rings. The summed E-state index contributed by atoms with van der Waals surface area (Å²) in [6.45, 7) is 1.97. The molecule has 0 radical (unpaired) electrons. The first-order valence-electron chi connectivity index (χ1n) is 11.7. The Balaban J connectivity index is 1.52. The lowest BCUT2D eigenvalue weighted by molar-refractivity contribution is -0.149. The molecule has 3 aromatic carbocycles. The van der Waals surface area contributed by atoms with Gasteiger partial charge in [-0.3, -0.25) is 14.2 Å². The van der Waals surface area contributed by atoms with Crippen molar-refractivity contribution >= 4 is 50.2 Å². The van der Waals surface area contributed by atoms with Gasteiger partial charge in [0.1, 0.15) is 16.1 Å². The molecule has 9 heteroatoms. The molecule has 0 saturated heterocycles. The number of aromatic nitrogens is 2. The van der Waals surface area contributed by atoms with Crippen molar-refractivity contribution < 1.29 is 19.4 Å². The fraction of sp³-hybridized carbons (Fsp3) is 0.214. The second kappa shape index (κ2) is 12.1. The summed E-state index contributed by atoms with van der Waals surface area (Å²) in [6, 6.07) is 20.1. The van der Waals surface area contributed by atoms with Gasteiger partial charge in [0.2, 0.25) is 0 Å². The lowest BCUT2D eigenvalue weighted by atomic mass is 9.94. The van der Waals surface area contributed by atoms with Crippen molar-refractivity contribution in [2.45, 2.75) is 24.9 Å². The fourth-order valence-corrected chi connectivity index (χ4v) is 5.54. The van der Waals surface area contributed by atoms with Crippen LogP contribution in [0.3, 0.4) is 0 Å². The number of benzene rings is 3. The predicted octanol–water partition coefficient (Wildman–Crippen LogP) is 5.84. The second-order valence-electron chi connectivity index (χ2n) is 8.34. The number of carbonyl (C=O) groups excluding carboxylic acids is 2. The minimum Gasteiger partial charge on any atom is -0.508 e. The van der Waals surface area contributed by atoms with Gasteiger partial charge < -0.3 is 9.84 Å². The molecule has 0 bridgehead atoms. The maximum atomic E-state index is 13.0. The molecule has 0 spiro atoms. The molecule has 188 valence electrons. The van der Waals surface area contributed by atoms with E-state index in [0.717, 1.165) is 22.0 Å². The number of phenolic OH excluding ortho intramolecular Hbond substituents is 1. The zero-order valence-corrected chi connectivity index (χ0v) is 22.5. The molecule has 0 aliphatic heterocycles. The van der Waals surface area contributed by atoms with Gasteiger partial charge in [-0.05, 0) is 59.1 Å². The third-order valence-corrected chi connectivity index (χ3v) is 7.40. The van der Waals surface area contributed by atoms with Gasteiger partial charge in [-0.25, -0.2) is 4.98 Å². The van der Waals surface area contributed by atoms with Crippen LogP contribution in [0.25, 0.3) is 16.5 Å². The number of imidazole rings is 1. The molecule has 4 rings (SSSR count). The number of thioether (sulfide) groups is 1. The Morgan fingerprint density at radius 3 is 2.57 bits per heavy atom. The van der Waals surface area contributed by atoms with E-state index < -0.39 is 11.9 Å². The van der Waals surface area contributed by atoms with Gasteiger partial charge in [0, 0.05) is 17.2 Å². The minimum absolute atomic E-state index is 0.0361. The average molecular weight is 578 g/mol. The molecule has 1 aromatic heterocycles. The molecule has 0 fully saturated rings. The SMILES string of the molecule is CCOC(=O)C(CC(=O)CSc1ncc(Br)n1-c1ccc(C#N)c2ccccc12)Cc1ccc(O)cc1. The van der Waals surface area contributed by atoms with Crippen LogP contribution in [-0.4, -0.2) is 38.8 Å². The lowest BCUT2D eigenvalue weighted by Gasteiger charge is -2.16. The largest absolute Gasteiger partial charge is 0.508 e. The molecule has 1 unspecified atom stereocenters. The minimum atomic E-state index is -0.619. The normalized spacial score (nSPS) is 11.7. The highest BCUT2D eigenvalue weighted by Gasteiger charge is 2.24. The number of fused-ring (bicyclic) bond motifs is 1. The van der Waals surface area contributed by atoms with Gasteiger partial charge in [0.15, 0.2) is 5.16 Å². The van der Waals surface area contributed by atoms with E-state index >= 15 is 0 Å². The van der Waals surface area contributed by atoms with Crippen LogP contribution in [0.15, 0.2) is 76.6 Å². The first kappa shape index (κ1) is 26.5. The van der Waals surface area contributed by atoms with Crippen LogP contribution in [0.4, 0.5) is 0 Å². The van der Waals surface area contributed by atoms with Crippen LogP contribution in [0, 0.1) is 17.2 Å². The van der Waals surface area contributed by atoms with E-state index in [4.69, 9.17) is 4.74 Å². The van der Waals surface area contributed by atoms with Crippen LogP contribution in [0.1, 0.15) is 24.5 Å². The molecule has 0 saturated carbocycles.